The fourth-order valence-electron chi connectivity index (χ4n) is 3.07. The molecule has 0 bridgehead atoms. The molecule has 0 saturated carbocycles. The van der Waals surface area contributed by atoms with Crippen LogP contribution in [0.4, 0.5) is 0 Å². The molecule has 2 aromatic carbocycles. The third-order valence-electron chi connectivity index (χ3n) is 4.65. The first-order valence-electron chi connectivity index (χ1n) is 8.94. The first kappa shape index (κ1) is 17.9. The predicted octanol–water partition coefficient (Wildman–Crippen LogP) is 3.61. The van der Waals surface area contributed by atoms with Gasteiger partial charge in [0.2, 0.25) is 0 Å². The highest BCUT2D eigenvalue weighted by molar-refractivity contribution is 5.94. The van der Waals surface area contributed by atoms with E-state index in [1.165, 1.54) is 0 Å². The maximum Gasteiger partial charge on any atom is 0.265 e. The van der Waals surface area contributed by atoms with E-state index >= 15 is 0 Å². The van der Waals surface area contributed by atoms with Crippen molar-refractivity contribution in [2.45, 2.75) is 39.7 Å². The average Bonchev–Trinajstić information content (AvgIpc) is 2.66. The van der Waals surface area contributed by atoms with Crippen LogP contribution in [0.1, 0.15) is 42.9 Å². The molecular weight excluding hydrogens is 326 g/mol. The van der Waals surface area contributed by atoms with E-state index in [1.807, 2.05) is 25.1 Å². The average molecular weight is 349 g/mol. The summed E-state index contributed by atoms with van der Waals surface area (Å²) in [5, 5.41) is 3.60. The highest BCUT2D eigenvalue weighted by Crippen LogP contribution is 2.14. The highest BCUT2D eigenvalue weighted by atomic mass is 16.1. The molecule has 3 aromatic rings. The van der Waals surface area contributed by atoms with Gasteiger partial charge in [-0.25, -0.2) is 4.98 Å². The number of nitrogens with one attached hydrogen (secondary N) is 1. The Hall–Kier alpha value is -2.95. The molecule has 5 nitrogen and oxygen atoms in total. The number of hydrogen-bond acceptors (Lipinski definition) is 3. The lowest BCUT2D eigenvalue weighted by atomic mass is 10.1. The summed E-state index contributed by atoms with van der Waals surface area (Å²) >= 11 is 0. The first-order chi connectivity index (χ1) is 12.5. The summed E-state index contributed by atoms with van der Waals surface area (Å²) in [6.45, 7) is 5.92. The van der Waals surface area contributed by atoms with Crippen LogP contribution in [-0.4, -0.2) is 21.5 Å². The normalized spacial score (nSPS) is 11.1. The smallest absolute Gasteiger partial charge is 0.265 e. The van der Waals surface area contributed by atoms with E-state index in [0.29, 0.717) is 28.0 Å². The van der Waals surface area contributed by atoms with Gasteiger partial charge in [0.1, 0.15) is 5.82 Å². The lowest BCUT2D eigenvalue weighted by molar-refractivity contribution is 0.0935. The molecule has 26 heavy (non-hydrogen) atoms. The second kappa shape index (κ2) is 7.52. The van der Waals surface area contributed by atoms with E-state index in [0.717, 1.165) is 12.8 Å². The van der Waals surface area contributed by atoms with Gasteiger partial charge >= 0.3 is 0 Å². The number of carbonyl (C=O) groups excluding carboxylic acids is 1. The van der Waals surface area contributed by atoms with Crippen LogP contribution < -0.4 is 10.9 Å². The third-order valence-corrected chi connectivity index (χ3v) is 4.65. The van der Waals surface area contributed by atoms with Crippen LogP contribution in [0.2, 0.25) is 0 Å². The van der Waals surface area contributed by atoms with Crippen molar-refractivity contribution in [2.75, 3.05) is 0 Å². The molecule has 0 atom stereocenters. The monoisotopic (exact) mass is 349 g/mol. The minimum atomic E-state index is -0.109. The van der Waals surface area contributed by atoms with Gasteiger partial charge in [-0.3, -0.25) is 14.2 Å². The lowest BCUT2D eigenvalue weighted by Crippen LogP contribution is -2.33. The van der Waals surface area contributed by atoms with Crippen molar-refractivity contribution < 1.29 is 4.79 Å². The van der Waals surface area contributed by atoms with Crippen LogP contribution in [0.5, 0.6) is 0 Å². The van der Waals surface area contributed by atoms with Gasteiger partial charge in [-0.1, -0.05) is 26.0 Å². The van der Waals surface area contributed by atoms with Crippen molar-refractivity contribution in [3.8, 4) is 5.69 Å². The Morgan fingerprint density at radius 2 is 1.73 bits per heavy atom. The molecule has 134 valence electrons. The van der Waals surface area contributed by atoms with Crippen LogP contribution in [0.25, 0.3) is 16.6 Å². The molecule has 0 fully saturated rings. The fourth-order valence-corrected chi connectivity index (χ4v) is 3.07. The standard InChI is InChI=1S/C21H23N3O2/c1-4-16(5-2)23-20(25)15-10-12-17(13-11-15)24-14(3)22-19-9-7-6-8-18(19)21(24)26/h6-13,16H,4-5H2,1-3H3,(H,23,25). The Kier molecular flexibility index (Phi) is 5.16. The summed E-state index contributed by atoms with van der Waals surface area (Å²) in [7, 11) is 0. The number of aryl methyl sites for hydroxylation is 1. The summed E-state index contributed by atoms with van der Waals surface area (Å²) in [6.07, 6.45) is 1.80. The second-order valence-corrected chi connectivity index (χ2v) is 6.35. The third kappa shape index (κ3) is 3.38. The molecule has 0 saturated heterocycles. The first-order valence-corrected chi connectivity index (χ1v) is 8.94. The minimum absolute atomic E-state index is 0.0917. The van der Waals surface area contributed by atoms with Crippen molar-refractivity contribution in [1.82, 2.24) is 14.9 Å². The van der Waals surface area contributed by atoms with Gasteiger partial charge in [0, 0.05) is 11.6 Å². The SMILES string of the molecule is CCC(CC)NC(=O)c1ccc(-n2c(C)nc3ccccc3c2=O)cc1. The minimum Gasteiger partial charge on any atom is -0.349 e. The highest BCUT2D eigenvalue weighted by Gasteiger charge is 2.13. The van der Waals surface area contributed by atoms with Crippen LogP contribution in [-0.2, 0) is 0 Å². The quantitative estimate of drug-likeness (QED) is 0.765. The van der Waals surface area contributed by atoms with Crippen LogP contribution in [0, 0.1) is 6.92 Å². The zero-order valence-electron chi connectivity index (χ0n) is 15.3. The fraction of sp³-hybridized carbons (Fsp3) is 0.286. The number of amides is 1. The Morgan fingerprint density at radius 3 is 2.38 bits per heavy atom. The number of carbonyl (C=O) groups is 1. The topological polar surface area (TPSA) is 64.0 Å². The van der Waals surface area contributed by atoms with Crippen molar-refractivity contribution in [3.05, 3.63) is 70.3 Å². The van der Waals surface area contributed by atoms with E-state index in [-0.39, 0.29) is 17.5 Å². The maximum atomic E-state index is 12.8. The number of fused-ring (bicyclic) bond motifs is 1. The second-order valence-electron chi connectivity index (χ2n) is 6.35. The van der Waals surface area contributed by atoms with Gasteiger partial charge in [-0.15, -0.1) is 0 Å². The van der Waals surface area contributed by atoms with Crippen molar-refractivity contribution in [3.63, 3.8) is 0 Å². The molecule has 0 aliphatic rings. The van der Waals surface area contributed by atoms with E-state index in [4.69, 9.17) is 0 Å². The van der Waals surface area contributed by atoms with Gasteiger partial charge in [0.25, 0.3) is 11.5 Å². The van der Waals surface area contributed by atoms with Gasteiger partial charge in [0.15, 0.2) is 0 Å². The summed E-state index contributed by atoms with van der Waals surface area (Å²) < 4.78 is 1.57. The van der Waals surface area contributed by atoms with Crippen molar-refractivity contribution >= 4 is 16.8 Å². The maximum absolute atomic E-state index is 12.8. The summed E-state index contributed by atoms with van der Waals surface area (Å²) in [5.74, 6) is 0.522. The van der Waals surface area contributed by atoms with Crippen LogP contribution in [0.15, 0.2) is 53.3 Å². The Bertz CT molecular complexity index is 986. The molecule has 1 heterocycles. The number of hydrogen-bond donors (Lipinski definition) is 1. The number of benzene rings is 2. The molecule has 1 aromatic heterocycles. The van der Waals surface area contributed by atoms with Crippen molar-refractivity contribution in [1.29, 1.82) is 0 Å². The van der Waals surface area contributed by atoms with E-state index in [1.54, 1.807) is 34.9 Å². The molecule has 0 radical (unpaired) electrons. The number of nitrogens with zero attached hydrogens (tertiary/aromatic N) is 2. The molecule has 1 N–H and O–H groups in total. The molecule has 5 heteroatoms. The molecule has 0 aliphatic carbocycles. The molecule has 1 amide bonds. The van der Waals surface area contributed by atoms with Gasteiger partial charge in [-0.2, -0.15) is 0 Å². The zero-order chi connectivity index (χ0) is 18.7. The molecule has 3 rings (SSSR count). The predicted molar refractivity (Wildman–Crippen MR) is 104 cm³/mol. The lowest BCUT2D eigenvalue weighted by Gasteiger charge is -2.15. The summed E-state index contributed by atoms with van der Waals surface area (Å²) in [6, 6.07) is 14.5. The number of aromatic nitrogens is 2. The van der Waals surface area contributed by atoms with Gasteiger partial charge < -0.3 is 5.32 Å². The molecule has 0 spiro atoms. The summed E-state index contributed by atoms with van der Waals surface area (Å²) in [4.78, 5) is 29.7. The Morgan fingerprint density at radius 1 is 1.08 bits per heavy atom. The number of para-hydroxylation sites is 1. The van der Waals surface area contributed by atoms with E-state index in [2.05, 4.69) is 24.1 Å². The van der Waals surface area contributed by atoms with Crippen LogP contribution >= 0.6 is 0 Å². The Labute approximate surface area is 152 Å². The molecular formula is C21H23N3O2. The Balaban J connectivity index is 1.95. The summed E-state index contributed by atoms with van der Waals surface area (Å²) in [5.41, 5.74) is 1.86. The zero-order valence-corrected chi connectivity index (χ0v) is 15.3. The number of rotatable bonds is 5. The van der Waals surface area contributed by atoms with E-state index < -0.39 is 0 Å². The van der Waals surface area contributed by atoms with E-state index in [9.17, 15) is 9.59 Å². The van der Waals surface area contributed by atoms with Crippen molar-refractivity contribution in [2.24, 2.45) is 0 Å². The van der Waals surface area contributed by atoms with Gasteiger partial charge in [0.05, 0.1) is 16.6 Å². The molecule has 0 unspecified atom stereocenters. The largest absolute Gasteiger partial charge is 0.349 e. The molecule has 0 aliphatic heterocycles. The van der Waals surface area contributed by atoms with Gasteiger partial charge in [-0.05, 0) is 56.2 Å². The van der Waals surface area contributed by atoms with Crippen LogP contribution in [0.3, 0.4) is 0 Å².